The zero-order valence-electron chi connectivity index (χ0n) is 10.7. The van der Waals surface area contributed by atoms with Gasteiger partial charge in [-0.1, -0.05) is 18.2 Å². The summed E-state index contributed by atoms with van der Waals surface area (Å²) in [6.45, 7) is 0. The van der Waals surface area contributed by atoms with Crippen LogP contribution in [0.3, 0.4) is 0 Å². The van der Waals surface area contributed by atoms with Gasteiger partial charge in [-0.15, -0.1) is 4.31 Å². The van der Waals surface area contributed by atoms with Gasteiger partial charge in [-0.3, -0.25) is 4.79 Å². The van der Waals surface area contributed by atoms with Gasteiger partial charge in [-0.2, -0.15) is 0 Å². The van der Waals surface area contributed by atoms with Gasteiger partial charge in [-0.05, 0) is 18.6 Å². The summed E-state index contributed by atoms with van der Waals surface area (Å²) >= 11 is -2.26. The molecule has 0 aliphatic carbocycles. The fourth-order valence-electron chi connectivity index (χ4n) is 1.57. The van der Waals surface area contributed by atoms with Crippen molar-refractivity contribution in [2.45, 2.75) is 23.8 Å². The molecule has 21 heavy (non-hydrogen) atoms. The Hall–Kier alpha value is -2.26. The number of amides is 1. The normalized spacial score (nSPS) is 13.2. The van der Waals surface area contributed by atoms with Crippen LogP contribution in [-0.2, 0) is 21.0 Å². The van der Waals surface area contributed by atoms with Crippen molar-refractivity contribution in [3.63, 3.8) is 0 Å². The molecule has 9 heteroatoms. The fourth-order valence-corrected chi connectivity index (χ4v) is 2.76. The average Bonchev–Trinajstić information content (AvgIpc) is 2.42. The first kappa shape index (κ1) is 16.8. The maximum absolute atomic E-state index is 12.2. The van der Waals surface area contributed by atoms with Crippen LogP contribution in [0.5, 0.6) is 0 Å². The lowest BCUT2D eigenvalue weighted by Crippen LogP contribution is -2.48. The second-order valence-electron chi connectivity index (χ2n) is 3.96. The zero-order valence-corrected chi connectivity index (χ0v) is 11.5. The lowest BCUT2D eigenvalue weighted by atomic mass is 10.1. The van der Waals surface area contributed by atoms with Crippen LogP contribution in [0.4, 0.5) is 4.79 Å². The Morgan fingerprint density at radius 3 is 2.14 bits per heavy atom. The van der Waals surface area contributed by atoms with Gasteiger partial charge >= 0.3 is 18.0 Å². The lowest BCUT2D eigenvalue weighted by molar-refractivity contribution is -0.142. The third-order valence-corrected chi connectivity index (χ3v) is 3.96. The molecule has 0 aliphatic rings. The predicted octanol–water partition coefficient (Wildman–Crippen LogP) is 1.01. The van der Waals surface area contributed by atoms with Gasteiger partial charge in [0.2, 0.25) is 0 Å². The summed E-state index contributed by atoms with van der Waals surface area (Å²) in [4.78, 5) is 33.0. The highest BCUT2D eigenvalue weighted by Gasteiger charge is 2.40. The summed E-state index contributed by atoms with van der Waals surface area (Å²) in [6, 6.07) is 5.76. The van der Waals surface area contributed by atoms with Gasteiger partial charge in [0.25, 0.3) is 0 Å². The Bertz CT molecular complexity index is 522. The summed E-state index contributed by atoms with van der Waals surface area (Å²) < 4.78 is 12.5. The molecule has 1 aromatic carbocycles. The topological polar surface area (TPSA) is 138 Å². The molecule has 114 valence electrons. The van der Waals surface area contributed by atoms with Gasteiger partial charge in [0.15, 0.2) is 10.9 Å². The molecule has 0 fully saturated rings. The molecule has 8 nitrogen and oxygen atoms in total. The van der Waals surface area contributed by atoms with Gasteiger partial charge in [-0.25, -0.2) is 9.59 Å². The average molecular weight is 315 g/mol. The maximum Gasteiger partial charge on any atom is 0.450 e. The van der Waals surface area contributed by atoms with Gasteiger partial charge < -0.3 is 19.9 Å². The van der Waals surface area contributed by atoms with Crippen LogP contribution in [0.2, 0.25) is 0 Å². The van der Waals surface area contributed by atoms with E-state index in [1.807, 2.05) is 0 Å². The van der Waals surface area contributed by atoms with Crippen LogP contribution in [0.25, 0.3) is 0 Å². The van der Waals surface area contributed by atoms with Crippen molar-refractivity contribution < 1.29 is 34.3 Å². The Kier molecular flexibility index (Phi) is 6.00. The maximum atomic E-state index is 12.2. The number of nitrogens with zero attached hydrogens (tertiary/aromatic N) is 1. The Morgan fingerprint density at radius 2 is 1.71 bits per heavy atom. The van der Waals surface area contributed by atoms with Crippen molar-refractivity contribution >= 4 is 29.4 Å². The molecule has 2 atom stereocenters. The van der Waals surface area contributed by atoms with Crippen molar-refractivity contribution in [2.75, 3.05) is 0 Å². The molecule has 0 aromatic heterocycles. The van der Waals surface area contributed by atoms with E-state index in [1.165, 1.54) is 24.3 Å². The molecule has 0 saturated carbocycles. The smallest absolute Gasteiger partial charge is 0.450 e. The quantitative estimate of drug-likeness (QED) is 0.638. The van der Waals surface area contributed by atoms with E-state index in [9.17, 15) is 18.9 Å². The first-order valence-corrected chi connectivity index (χ1v) is 6.89. The molecular weight excluding hydrogens is 302 g/mol. The van der Waals surface area contributed by atoms with E-state index >= 15 is 0 Å². The molecule has 3 N–H and O–H groups in total. The first-order valence-electron chi connectivity index (χ1n) is 5.78. The minimum Gasteiger partial charge on any atom is -0.588 e. The van der Waals surface area contributed by atoms with Gasteiger partial charge in [0, 0.05) is 6.42 Å². The van der Waals surface area contributed by atoms with E-state index in [4.69, 9.17) is 15.3 Å². The number of aliphatic carboxylic acids is 2. The van der Waals surface area contributed by atoms with Crippen LogP contribution in [-0.4, -0.2) is 48.3 Å². The highest BCUT2D eigenvalue weighted by Crippen LogP contribution is 2.21. The van der Waals surface area contributed by atoms with Crippen LogP contribution in [0.15, 0.2) is 35.2 Å². The molecule has 0 heterocycles. The number of carbonyl (C=O) groups is 3. The zero-order chi connectivity index (χ0) is 16.0. The molecule has 0 saturated heterocycles. The molecule has 0 radical (unpaired) electrons. The van der Waals surface area contributed by atoms with Crippen LogP contribution >= 0.6 is 0 Å². The summed E-state index contributed by atoms with van der Waals surface area (Å²) in [5.74, 6) is -2.82. The van der Waals surface area contributed by atoms with Crippen molar-refractivity contribution in [1.29, 1.82) is 0 Å². The van der Waals surface area contributed by atoms with E-state index in [0.717, 1.165) is 0 Å². The molecule has 0 bridgehead atoms. The largest absolute Gasteiger partial charge is 0.588 e. The number of carboxylic acid groups (broad SMARTS) is 3. The molecule has 0 spiro atoms. The highest BCUT2D eigenvalue weighted by atomic mass is 32.2. The minimum absolute atomic E-state index is 0.112. The van der Waals surface area contributed by atoms with Crippen molar-refractivity contribution in [2.24, 2.45) is 0 Å². The Balaban J connectivity index is 3.04. The Morgan fingerprint density at radius 1 is 1.14 bits per heavy atom. The predicted molar refractivity (Wildman–Crippen MR) is 71.0 cm³/mol. The molecule has 1 unspecified atom stereocenters. The first-order chi connectivity index (χ1) is 9.84. The minimum atomic E-state index is -2.26. The van der Waals surface area contributed by atoms with Gasteiger partial charge in [0.05, 0.1) is 0 Å². The highest BCUT2D eigenvalue weighted by molar-refractivity contribution is 7.89. The van der Waals surface area contributed by atoms with Crippen molar-refractivity contribution in [1.82, 2.24) is 4.31 Å². The van der Waals surface area contributed by atoms with E-state index in [0.29, 0.717) is 0 Å². The number of rotatable bonds is 7. The molecule has 1 rings (SSSR count). The third kappa shape index (κ3) is 4.65. The lowest BCUT2D eigenvalue weighted by Gasteiger charge is -2.26. The second kappa shape index (κ2) is 7.50. The van der Waals surface area contributed by atoms with Crippen molar-refractivity contribution in [3.8, 4) is 0 Å². The third-order valence-electron chi connectivity index (χ3n) is 2.51. The monoisotopic (exact) mass is 315 g/mol. The number of carboxylic acids is 2. The van der Waals surface area contributed by atoms with E-state index in [-0.39, 0.29) is 9.20 Å². The fraction of sp³-hybridized carbons (Fsp3) is 0.250. The van der Waals surface area contributed by atoms with Crippen LogP contribution in [0, 0.1) is 0 Å². The molecule has 1 amide bonds. The SMILES string of the molecule is O=C(O)CC[C@@H](C(=O)O)N(C(=O)O)[S+]([O-])c1ccccc1. The van der Waals surface area contributed by atoms with E-state index < -0.39 is 48.3 Å². The summed E-state index contributed by atoms with van der Waals surface area (Å²) in [5.41, 5.74) is 0. The number of hydrogen-bond donors (Lipinski definition) is 3. The summed E-state index contributed by atoms with van der Waals surface area (Å²) in [7, 11) is 0. The van der Waals surface area contributed by atoms with E-state index in [2.05, 4.69) is 0 Å². The van der Waals surface area contributed by atoms with Crippen LogP contribution in [0.1, 0.15) is 12.8 Å². The molecular formula is C12H13NO7S. The Labute approximate surface area is 122 Å². The standard InChI is InChI=1S/C12H13NO7S/c14-10(15)7-6-9(11(16)17)13(12(18)19)21(20)8-4-2-1-3-5-8/h1-5,9H,6-7H2,(H,14,15)(H,16,17)(H,18,19)/t9-,21?/m0/s1. The molecule has 0 aliphatic heterocycles. The number of benzene rings is 1. The summed E-state index contributed by atoms with van der Waals surface area (Å²) in [6.07, 6.45) is -2.72. The summed E-state index contributed by atoms with van der Waals surface area (Å²) in [5, 5.41) is 26.8. The second-order valence-corrected chi connectivity index (χ2v) is 5.32. The van der Waals surface area contributed by atoms with Crippen LogP contribution < -0.4 is 0 Å². The van der Waals surface area contributed by atoms with E-state index in [1.54, 1.807) is 6.07 Å². The van der Waals surface area contributed by atoms with Crippen molar-refractivity contribution in [3.05, 3.63) is 30.3 Å². The molecule has 1 aromatic rings. The number of hydrogen-bond acceptors (Lipinski definition) is 4. The van der Waals surface area contributed by atoms with Gasteiger partial charge in [0.1, 0.15) is 11.4 Å².